The molecule has 8 heteroatoms. The van der Waals surface area contributed by atoms with Crippen LogP contribution in [0.4, 0.5) is 10.1 Å². The molecule has 6 nitrogen and oxygen atoms in total. The van der Waals surface area contributed by atoms with Crippen molar-refractivity contribution in [3.05, 3.63) is 54.0 Å². The van der Waals surface area contributed by atoms with Gasteiger partial charge in [-0.05, 0) is 42.3 Å². The Morgan fingerprint density at radius 1 is 1.17 bits per heavy atom. The molecule has 4 rings (SSSR count). The number of nitrogens with one attached hydrogen (secondary N) is 1. The lowest BCUT2D eigenvalue weighted by atomic mass is 10.1. The predicted octanol–water partition coefficient (Wildman–Crippen LogP) is 4.07. The molecule has 0 atom stereocenters. The van der Waals surface area contributed by atoms with Crippen LogP contribution < -0.4 is 20.5 Å². The van der Waals surface area contributed by atoms with Crippen molar-refractivity contribution in [1.29, 1.82) is 0 Å². The molecule has 3 aromatic rings. The van der Waals surface area contributed by atoms with E-state index in [1.54, 1.807) is 6.07 Å². The van der Waals surface area contributed by atoms with Crippen LogP contribution in [0.25, 0.3) is 10.9 Å². The van der Waals surface area contributed by atoms with E-state index in [1.165, 1.54) is 6.07 Å². The second-order valence-electron chi connectivity index (χ2n) is 6.78. The standard InChI is InChI=1S/C21H23FN4O2.HI/c1-26-13-14(17-5-3-15(22)11-18(17)26)7-8-24-21(23)25-16-4-6-19-20(12-16)28-10-2-9-27-19;/h3-6,11-13H,2,7-10H2,1H3,(H3,23,24,25);1H. The number of aromatic nitrogens is 1. The van der Waals surface area contributed by atoms with E-state index in [4.69, 9.17) is 15.2 Å². The van der Waals surface area contributed by atoms with Crippen LogP contribution in [-0.2, 0) is 13.5 Å². The number of guanidine groups is 1. The average molecular weight is 510 g/mol. The zero-order chi connectivity index (χ0) is 19.5. The first-order valence-corrected chi connectivity index (χ1v) is 9.30. The molecule has 0 spiro atoms. The summed E-state index contributed by atoms with van der Waals surface area (Å²) in [6, 6.07) is 10.4. The van der Waals surface area contributed by atoms with Crippen LogP contribution in [0.2, 0.25) is 0 Å². The normalized spacial score (nSPS) is 13.7. The van der Waals surface area contributed by atoms with E-state index in [9.17, 15) is 4.39 Å². The van der Waals surface area contributed by atoms with Crippen molar-refractivity contribution in [2.24, 2.45) is 17.8 Å². The van der Waals surface area contributed by atoms with Crippen molar-refractivity contribution < 1.29 is 13.9 Å². The van der Waals surface area contributed by atoms with Gasteiger partial charge in [0.25, 0.3) is 0 Å². The second-order valence-corrected chi connectivity index (χ2v) is 6.78. The molecular formula is C21H24FIN4O2. The van der Waals surface area contributed by atoms with E-state index < -0.39 is 0 Å². The minimum absolute atomic E-state index is 0. The smallest absolute Gasteiger partial charge is 0.193 e. The van der Waals surface area contributed by atoms with Crippen molar-refractivity contribution in [1.82, 2.24) is 4.57 Å². The molecular weight excluding hydrogens is 486 g/mol. The molecule has 2 aromatic carbocycles. The number of halogens is 2. The van der Waals surface area contributed by atoms with Gasteiger partial charge in [-0.2, -0.15) is 0 Å². The summed E-state index contributed by atoms with van der Waals surface area (Å²) in [5, 5.41) is 4.12. The van der Waals surface area contributed by atoms with E-state index >= 15 is 0 Å². The first-order chi connectivity index (χ1) is 13.6. The molecule has 1 aliphatic rings. The maximum Gasteiger partial charge on any atom is 0.193 e. The number of anilines is 1. The van der Waals surface area contributed by atoms with Crippen LogP contribution in [0.15, 0.2) is 47.6 Å². The van der Waals surface area contributed by atoms with Crippen LogP contribution >= 0.6 is 24.0 Å². The topological polar surface area (TPSA) is 73.8 Å². The number of hydrogen-bond acceptors (Lipinski definition) is 3. The van der Waals surface area contributed by atoms with Gasteiger partial charge >= 0.3 is 0 Å². The number of aliphatic imine (C=N–C) groups is 1. The Morgan fingerprint density at radius 2 is 1.97 bits per heavy atom. The van der Waals surface area contributed by atoms with Gasteiger partial charge in [-0.25, -0.2) is 4.39 Å². The molecule has 3 N–H and O–H groups in total. The summed E-state index contributed by atoms with van der Waals surface area (Å²) in [5.41, 5.74) is 8.81. The van der Waals surface area contributed by atoms with Gasteiger partial charge in [-0.15, -0.1) is 24.0 Å². The lowest BCUT2D eigenvalue weighted by Gasteiger charge is -2.10. The Balaban J connectivity index is 0.00000240. The molecule has 1 aliphatic heterocycles. The molecule has 0 radical (unpaired) electrons. The van der Waals surface area contributed by atoms with Crippen molar-refractivity contribution in [2.75, 3.05) is 25.1 Å². The average Bonchev–Trinajstić information content (AvgIpc) is 2.83. The van der Waals surface area contributed by atoms with Gasteiger partial charge in [0.15, 0.2) is 17.5 Å². The zero-order valence-electron chi connectivity index (χ0n) is 16.2. The molecule has 0 saturated heterocycles. The lowest BCUT2D eigenvalue weighted by Crippen LogP contribution is -2.23. The van der Waals surface area contributed by atoms with Crippen LogP contribution in [0.5, 0.6) is 11.5 Å². The minimum atomic E-state index is -0.234. The Kier molecular flexibility index (Phi) is 6.83. The zero-order valence-corrected chi connectivity index (χ0v) is 18.5. The molecule has 0 fully saturated rings. The van der Waals surface area contributed by atoms with Crippen molar-refractivity contribution in [3.63, 3.8) is 0 Å². The van der Waals surface area contributed by atoms with Gasteiger partial charge < -0.3 is 25.1 Å². The van der Waals surface area contributed by atoms with Crippen molar-refractivity contribution in [3.8, 4) is 11.5 Å². The Hall–Kier alpha value is -2.49. The summed E-state index contributed by atoms with van der Waals surface area (Å²) in [4.78, 5) is 4.41. The van der Waals surface area contributed by atoms with Gasteiger partial charge in [-0.1, -0.05) is 0 Å². The van der Waals surface area contributed by atoms with Crippen LogP contribution in [0.1, 0.15) is 12.0 Å². The maximum atomic E-state index is 13.4. The van der Waals surface area contributed by atoms with Crippen molar-refractivity contribution >= 4 is 46.5 Å². The fraction of sp³-hybridized carbons (Fsp3) is 0.286. The largest absolute Gasteiger partial charge is 0.490 e. The molecule has 0 bridgehead atoms. The minimum Gasteiger partial charge on any atom is -0.490 e. The summed E-state index contributed by atoms with van der Waals surface area (Å²) >= 11 is 0. The van der Waals surface area contributed by atoms with Gasteiger partial charge in [0.1, 0.15) is 5.82 Å². The molecule has 154 valence electrons. The molecule has 29 heavy (non-hydrogen) atoms. The highest BCUT2D eigenvalue weighted by Crippen LogP contribution is 2.32. The van der Waals surface area contributed by atoms with Gasteiger partial charge in [0, 0.05) is 43.4 Å². The maximum absolute atomic E-state index is 13.4. The highest BCUT2D eigenvalue weighted by Gasteiger charge is 2.11. The first-order valence-electron chi connectivity index (χ1n) is 9.30. The summed E-state index contributed by atoms with van der Waals surface area (Å²) in [7, 11) is 1.91. The predicted molar refractivity (Wildman–Crippen MR) is 124 cm³/mol. The quantitative estimate of drug-likeness (QED) is 0.316. The number of benzene rings is 2. The first kappa shape index (κ1) is 21.2. The third-order valence-electron chi connectivity index (χ3n) is 4.72. The number of hydrogen-bond donors (Lipinski definition) is 2. The van der Waals surface area contributed by atoms with Crippen LogP contribution in [-0.4, -0.2) is 30.3 Å². The Labute approximate surface area is 185 Å². The summed E-state index contributed by atoms with van der Waals surface area (Å²) in [6.45, 7) is 1.82. The van der Waals surface area contributed by atoms with Gasteiger partial charge in [0.2, 0.25) is 0 Å². The third-order valence-corrected chi connectivity index (χ3v) is 4.72. The SMILES string of the molecule is Cn1cc(CCN=C(N)Nc2ccc3c(c2)OCCCO3)c2ccc(F)cc21.I. The fourth-order valence-corrected chi connectivity index (χ4v) is 3.37. The number of nitrogens with zero attached hydrogens (tertiary/aromatic N) is 2. The highest BCUT2D eigenvalue weighted by atomic mass is 127. The van der Waals surface area contributed by atoms with Crippen LogP contribution in [0, 0.1) is 5.82 Å². The molecule has 0 unspecified atom stereocenters. The number of rotatable bonds is 4. The summed E-state index contributed by atoms with van der Waals surface area (Å²) < 4.78 is 26.7. The number of aryl methyl sites for hydroxylation is 1. The number of nitrogens with two attached hydrogens (primary N) is 1. The van der Waals surface area contributed by atoms with Crippen LogP contribution in [0.3, 0.4) is 0 Å². The number of fused-ring (bicyclic) bond motifs is 2. The summed E-state index contributed by atoms with van der Waals surface area (Å²) in [6.07, 6.45) is 3.58. The second kappa shape index (κ2) is 9.34. The molecule has 1 aromatic heterocycles. The van der Waals surface area contributed by atoms with Gasteiger partial charge in [0.05, 0.1) is 18.7 Å². The Morgan fingerprint density at radius 3 is 2.79 bits per heavy atom. The van der Waals surface area contributed by atoms with E-state index in [0.717, 1.165) is 34.3 Å². The van der Waals surface area contributed by atoms with E-state index in [-0.39, 0.29) is 29.8 Å². The number of ether oxygens (including phenoxy) is 2. The molecule has 0 amide bonds. The third kappa shape index (κ3) is 4.92. The highest BCUT2D eigenvalue weighted by molar-refractivity contribution is 14.0. The molecule has 0 saturated carbocycles. The van der Waals surface area contributed by atoms with Gasteiger partial charge in [-0.3, -0.25) is 4.99 Å². The molecule has 0 aliphatic carbocycles. The lowest BCUT2D eigenvalue weighted by molar-refractivity contribution is 0.297. The van der Waals surface area contributed by atoms with E-state index in [0.29, 0.717) is 37.9 Å². The van der Waals surface area contributed by atoms with E-state index in [2.05, 4.69) is 10.3 Å². The molecule has 2 heterocycles. The summed E-state index contributed by atoms with van der Waals surface area (Å²) in [5.74, 6) is 1.55. The van der Waals surface area contributed by atoms with Crippen molar-refractivity contribution in [2.45, 2.75) is 12.8 Å². The fourth-order valence-electron chi connectivity index (χ4n) is 3.37. The monoisotopic (exact) mass is 510 g/mol. The Bertz CT molecular complexity index is 1030. The van der Waals surface area contributed by atoms with E-state index in [1.807, 2.05) is 42.1 Å².